The van der Waals surface area contributed by atoms with Crippen LogP contribution in [0.1, 0.15) is 0 Å². The lowest BCUT2D eigenvalue weighted by molar-refractivity contribution is -0.388. The Morgan fingerprint density at radius 2 is 2.22 bits per heavy atom. The number of benzene rings is 1. The Labute approximate surface area is 105 Å². The highest BCUT2D eigenvalue weighted by atomic mass is 32.2. The highest BCUT2D eigenvalue weighted by Gasteiger charge is 2.17. The average Bonchev–Trinajstić information content (AvgIpc) is 2.28. The Morgan fingerprint density at radius 3 is 2.89 bits per heavy atom. The molecular weight excluding hydrogens is 259 g/mol. The molecule has 92 valence electrons. The van der Waals surface area contributed by atoms with Crippen LogP contribution < -0.4 is 5.73 Å². The van der Waals surface area contributed by atoms with E-state index in [1.165, 1.54) is 18.2 Å². The molecule has 2 rings (SSSR count). The Bertz CT molecular complexity index is 608. The fourth-order valence-corrected chi connectivity index (χ4v) is 2.13. The van der Waals surface area contributed by atoms with E-state index >= 15 is 0 Å². The molecule has 0 radical (unpaired) electrons. The summed E-state index contributed by atoms with van der Waals surface area (Å²) in [7, 11) is 0. The van der Waals surface area contributed by atoms with Crippen LogP contribution in [0, 0.1) is 15.9 Å². The van der Waals surface area contributed by atoms with Crippen LogP contribution in [0.3, 0.4) is 0 Å². The van der Waals surface area contributed by atoms with E-state index in [1.54, 1.807) is 6.07 Å². The molecular formula is C10H7FN4O2S. The quantitative estimate of drug-likeness (QED) is 0.520. The lowest BCUT2D eigenvalue weighted by Gasteiger charge is -2.02. The van der Waals surface area contributed by atoms with Gasteiger partial charge < -0.3 is 5.73 Å². The predicted molar refractivity (Wildman–Crippen MR) is 63.6 cm³/mol. The number of nitrogens with two attached hydrogens (primary N) is 1. The molecule has 0 bridgehead atoms. The minimum Gasteiger partial charge on any atom is -0.368 e. The second kappa shape index (κ2) is 4.96. The summed E-state index contributed by atoms with van der Waals surface area (Å²) in [6, 6.07) is 5.67. The van der Waals surface area contributed by atoms with Crippen LogP contribution >= 0.6 is 11.8 Å². The van der Waals surface area contributed by atoms with Crippen LogP contribution in [0.2, 0.25) is 0 Å². The van der Waals surface area contributed by atoms with Crippen LogP contribution in [0.5, 0.6) is 0 Å². The minimum atomic E-state index is -0.610. The van der Waals surface area contributed by atoms with Crippen molar-refractivity contribution in [1.29, 1.82) is 0 Å². The van der Waals surface area contributed by atoms with Gasteiger partial charge in [0, 0.05) is 4.90 Å². The average molecular weight is 266 g/mol. The number of hydrogen-bond acceptors (Lipinski definition) is 6. The van der Waals surface area contributed by atoms with Gasteiger partial charge in [0.05, 0.1) is 4.92 Å². The maximum atomic E-state index is 13.0. The topological polar surface area (TPSA) is 94.9 Å². The van der Waals surface area contributed by atoms with E-state index < -0.39 is 10.7 Å². The second-order valence-electron chi connectivity index (χ2n) is 3.24. The van der Waals surface area contributed by atoms with Crippen molar-refractivity contribution in [2.75, 3.05) is 5.73 Å². The largest absolute Gasteiger partial charge is 0.368 e. The zero-order valence-electron chi connectivity index (χ0n) is 8.91. The smallest absolute Gasteiger partial charge is 0.320 e. The normalized spacial score (nSPS) is 10.3. The summed E-state index contributed by atoms with van der Waals surface area (Å²) in [6.45, 7) is 0. The third-order valence-electron chi connectivity index (χ3n) is 1.96. The number of nitrogens with zero attached hydrogens (tertiary/aromatic N) is 3. The molecule has 0 atom stereocenters. The lowest BCUT2D eigenvalue weighted by Crippen LogP contribution is -2.00. The van der Waals surface area contributed by atoms with E-state index in [4.69, 9.17) is 5.73 Å². The Kier molecular flexibility index (Phi) is 3.38. The van der Waals surface area contributed by atoms with Gasteiger partial charge in [0.1, 0.15) is 12.0 Å². The van der Waals surface area contributed by atoms with E-state index in [2.05, 4.69) is 9.97 Å². The summed E-state index contributed by atoms with van der Waals surface area (Å²) in [4.78, 5) is 18.0. The van der Waals surface area contributed by atoms with Gasteiger partial charge in [-0.3, -0.25) is 10.1 Å². The Morgan fingerprint density at radius 1 is 1.44 bits per heavy atom. The zero-order chi connectivity index (χ0) is 13.1. The van der Waals surface area contributed by atoms with Gasteiger partial charge in [0.25, 0.3) is 0 Å². The monoisotopic (exact) mass is 266 g/mol. The van der Waals surface area contributed by atoms with Gasteiger partial charge in [-0.25, -0.2) is 9.37 Å². The Balaban J connectivity index is 2.39. The predicted octanol–water partition coefficient (Wildman–Crippen LogP) is 2.26. The van der Waals surface area contributed by atoms with Crippen LogP contribution in [-0.4, -0.2) is 14.9 Å². The standard InChI is InChI=1S/C10H7FN4O2S/c11-6-2-1-3-7(4-6)18-9-8(15(16)17)5-13-10(12)14-9/h1-5H,(H2,12,13,14). The van der Waals surface area contributed by atoms with E-state index in [0.29, 0.717) is 4.90 Å². The SMILES string of the molecule is Nc1ncc([N+](=O)[O-])c(Sc2cccc(F)c2)n1. The van der Waals surface area contributed by atoms with Gasteiger partial charge >= 0.3 is 5.69 Å². The van der Waals surface area contributed by atoms with Crippen molar-refractivity contribution in [3.05, 3.63) is 46.4 Å². The molecule has 0 fully saturated rings. The number of nitrogen functional groups attached to an aromatic ring is 1. The number of halogens is 1. The first-order valence-electron chi connectivity index (χ1n) is 4.76. The van der Waals surface area contributed by atoms with E-state index in [0.717, 1.165) is 18.0 Å². The summed E-state index contributed by atoms with van der Waals surface area (Å²) in [6.07, 6.45) is 1.03. The summed E-state index contributed by atoms with van der Waals surface area (Å²) < 4.78 is 13.0. The van der Waals surface area contributed by atoms with Gasteiger partial charge in [-0.05, 0) is 18.2 Å². The highest BCUT2D eigenvalue weighted by molar-refractivity contribution is 7.99. The maximum absolute atomic E-state index is 13.0. The lowest BCUT2D eigenvalue weighted by atomic mass is 10.4. The molecule has 6 nitrogen and oxygen atoms in total. The van der Waals surface area contributed by atoms with Gasteiger partial charge in [0.15, 0.2) is 5.03 Å². The number of rotatable bonds is 3. The number of hydrogen-bond donors (Lipinski definition) is 1. The molecule has 0 aliphatic carbocycles. The van der Waals surface area contributed by atoms with Crippen LogP contribution in [0.25, 0.3) is 0 Å². The second-order valence-corrected chi connectivity index (χ2v) is 4.30. The number of anilines is 1. The molecule has 2 N–H and O–H groups in total. The molecule has 0 saturated carbocycles. The number of aromatic nitrogens is 2. The molecule has 1 aromatic carbocycles. The molecule has 0 amide bonds. The fourth-order valence-electron chi connectivity index (χ4n) is 1.22. The van der Waals surface area contributed by atoms with Gasteiger partial charge in [-0.1, -0.05) is 17.8 Å². The van der Waals surface area contributed by atoms with Crippen LogP contribution in [0.15, 0.2) is 40.4 Å². The van der Waals surface area contributed by atoms with Crippen LogP contribution in [-0.2, 0) is 0 Å². The first kappa shape index (κ1) is 12.2. The maximum Gasteiger partial charge on any atom is 0.320 e. The molecule has 2 aromatic rings. The molecule has 0 aliphatic rings. The molecule has 0 spiro atoms. The van der Waals surface area contributed by atoms with Crippen molar-refractivity contribution in [2.45, 2.75) is 9.92 Å². The van der Waals surface area contributed by atoms with Crippen molar-refractivity contribution in [3.63, 3.8) is 0 Å². The summed E-state index contributed by atoms with van der Waals surface area (Å²) in [5.74, 6) is -0.496. The van der Waals surface area contributed by atoms with Crippen molar-refractivity contribution in [3.8, 4) is 0 Å². The molecule has 8 heteroatoms. The minimum absolute atomic E-state index is 0.0699. The van der Waals surface area contributed by atoms with Crippen molar-refractivity contribution in [2.24, 2.45) is 0 Å². The molecule has 0 unspecified atom stereocenters. The number of nitro groups is 1. The summed E-state index contributed by atoms with van der Waals surface area (Å²) in [5, 5.41) is 10.9. The molecule has 0 saturated heterocycles. The molecule has 0 aliphatic heterocycles. The molecule has 1 aromatic heterocycles. The van der Waals surface area contributed by atoms with E-state index in [1.807, 2.05) is 0 Å². The summed E-state index contributed by atoms with van der Waals surface area (Å²) >= 11 is 0.958. The Hall–Kier alpha value is -2.22. The van der Waals surface area contributed by atoms with Gasteiger partial charge in [-0.15, -0.1) is 0 Å². The zero-order valence-corrected chi connectivity index (χ0v) is 9.72. The first-order chi connectivity index (χ1) is 8.56. The van der Waals surface area contributed by atoms with Crippen molar-refractivity contribution in [1.82, 2.24) is 9.97 Å². The van der Waals surface area contributed by atoms with E-state index in [9.17, 15) is 14.5 Å². The first-order valence-corrected chi connectivity index (χ1v) is 5.58. The van der Waals surface area contributed by atoms with Crippen molar-refractivity contribution >= 4 is 23.4 Å². The fraction of sp³-hybridized carbons (Fsp3) is 0. The summed E-state index contributed by atoms with van der Waals surface area (Å²) in [5.41, 5.74) is 5.11. The third-order valence-corrected chi connectivity index (χ3v) is 2.95. The van der Waals surface area contributed by atoms with Gasteiger partial charge in [0.2, 0.25) is 5.95 Å². The van der Waals surface area contributed by atoms with Crippen LogP contribution in [0.4, 0.5) is 16.0 Å². The third kappa shape index (κ3) is 2.72. The highest BCUT2D eigenvalue weighted by Crippen LogP contribution is 2.33. The molecule has 18 heavy (non-hydrogen) atoms. The van der Waals surface area contributed by atoms with Crippen molar-refractivity contribution < 1.29 is 9.31 Å². The van der Waals surface area contributed by atoms with Gasteiger partial charge in [-0.2, -0.15) is 4.98 Å². The van der Waals surface area contributed by atoms with E-state index in [-0.39, 0.29) is 16.7 Å². The molecule has 1 heterocycles.